The Morgan fingerprint density at radius 3 is 3.33 bits per heavy atom. The van der Waals surface area contributed by atoms with Gasteiger partial charge in [-0.05, 0) is 19.2 Å². The van der Waals surface area contributed by atoms with Crippen molar-refractivity contribution in [2.75, 3.05) is 38.3 Å². The Bertz CT molecular complexity index is 522. The molecule has 1 fully saturated rings. The van der Waals surface area contributed by atoms with E-state index in [1.165, 1.54) is 5.82 Å². The average molecular weight is 246 g/mol. The lowest BCUT2D eigenvalue weighted by Crippen LogP contribution is -2.50. The normalized spacial score (nSPS) is 20.5. The summed E-state index contributed by atoms with van der Waals surface area (Å²) in [7, 11) is 1.98. The quantitative estimate of drug-likeness (QED) is 0.868. The predicted octanol–water partition coefficient (Wildman–Crippen LogP) is 0.759. The third-order valence-corrected chi connectivity index (χ3v) is 3.37. The van der Waals surface area contributed by atoms with Crippen molar-refractivity contribution in [1.29, 1.82) is 0 Å². The summed E-state index contributed by atoms with van der Waals surface area (Å²) in [5.74, 6) is 1.19. The van der Waals surface area contributed by atoms with Gasteiger partial charge in [0.15, 0.2) is 0 Å². The number of hydrogen-bond donors (Lipinski definition) is 1. The molecule has 1 saturated heterocycles. The van der Waals surface area contributed by atoms with Crippen molar-refractivity contribution < 1.29 is 4.74 Å². The zero-order chi connectivity index (χ0) is 12.4. The highest BCUT2D eigenvalue weighted by Gasteiger charge is 2.24. The molecule has 0 radical (unpaired) electrons. The first-order valence-corrected chi connectivity index (χ1v) is 6.31. The molecular weight excluding hydrogens is 228 g/mol. The second kappa shape index (κ2) is 4.96. The molecule has 2 aromatic rings. The van der Waals surface area contributed by atoms with Crippen LogP contribution in [0, 0.1) is 0 Å². The molecule has 1 aliphatic rings. The summed E-state index contributed by atoms with van der Waals surface area (Å²) in [5.41, 5.74) is 0.988. The maximum atomic E-state index is 5.57. The van der Waals surface area contributed by atoms with Crippen LogP contribution in [0.5, 0.6) is 0 Å². The molecular formula is C13H18N4O. The number of ether oxygens (including phenoxy) is 1. The summed E-state index contributed by atoms with van der Waals surface area (Å²) < 4.78 is 7.71. The molecule has 0 spiro atoms. The van der Waals surface area contributed by atoms with Crippen LogP contribution >= 0.6 is 0 Å². The minimum atomic E-state index is 0.372. The summed E-state index contributed by atoms with van der Waals surface area (Å²) in [6.45, 7) is 3.39. The molecule has 0 bridgehead atoms. The minimum Gasteiger partial charge on any atom is -0.377 e. The van der Waals surface area contributed by atoms with E-state index in [-0.39, 0.29) is 0 Å². The molecule has 5 heteroatoms. The number of pyridine rings is 1. The number of imidazole rings is 1. The van der Waals surface area contributed by atoms with Crippen molar-refractivity contribution >= 4 is 11.5 Å². The monoisotopic (exact) mass is 246 g/mol. The first kappa shape index (κ1) is 11.5. The van der Waals surface area contributed by atoms with Crippen LogP contribution in [0.2, 0.25) is 0 Å². The Kier molecular flexibility index (Phi) is 3.17. The summed E-state index contributed by atoms with van der Waals surface area (Å²) in [6.07, 6.45) is 3.85. The largest absolute Gasteiger partial charge is 0.377 e. The lowest BCUT2D eigenvalue weighted by Gasteiger charge is -2.37. The first-order chi connectivity index (χ1) is 8.90. The van der Waals surface area contributed by atoms with E-state index in [2.05, 4.69) is 31.7 Å². The van der Waals surface area contributed by atoms with E-state index >= 15 is 0 Å². The van der Waals surface area contributed by atoms with Gasteiger partial charge in [0.2, 0.25) is 0 Å². The standard InChI is InChI=1S/C13H18N4O/c1-14-9-11-10-18-8-7-16(11)13-4-2-3-12-15-5-6-17(12)13/h2-6,11,14H,7-10H2,1H3. The number of anilines is 1. The predicted molar refractivity (Wildman–Crippen MR) is 71.1 cm³/mol. The Balaban J connectivity index is 1.98. The number of nitrogens with zero attached hydrogens (tertiary/aromatic N) is 3. The van der Waals surface area contributed by atoms with Crippen LogP contribution in [-0.4, -0.2) is 48.8 Å². The van der Waals surface area contributed by atoms with E-state index in [4.69, 9.17) is 4.74 Å². The fourth-order valence-electron chi connectivity index (χ4n) is 2.53. The number of likely N-dealkylation sites (N-methyl/N-ethyl adjacent to an activating group) is 1. The van der Waals surface area contributed by atoms with Gasteiger partial charge in [0.05, 0.1) is 19.3 Å². The van der Waals surface area contributed by atoms with Gasteiger partial charge < -0.3 is 15.0 Å². The lowest BCUT2D eigenvalue weighted by atomic mass is 10.2. The highest BCUT2D eigenvalue weighted by molar-refractivity contribution is 5.52. The van der Waals surface area contributed by atoms with Crippen LogP contribution in [0.25, 0.3) is 5.65 Å². The minimum absolute atomic E-state index is 0.372. The maximum absolute atomic E-state index is 5.57. The number of hydrogen-bond acceptors (Lipinski definition) is 4. The third kappa shape index (κ3) is 1.95. The highest BCUT2D eigenvalue weighted by atomic mass is 16.5. The molecule has 0 amide bonds. The van der Waals surface area contributed by atoms with E-state index in [9.17, 15) is 0 Å². The van der Waals surface area contributed by atoms with Crippen LogP contribution in [0.4, 0.5) is 5.82 Å². The summed E-state index contributed by atoms with van der Waals surface area (Å²) in [4.78, 5) is 6.73. The molecule has 5 nitrogen and oxygen atoms in total. The molecule has 18 heavy (non-hydrogen) atoms. The fourth-order valence-corrected chi connectivity index (χ4v) is 2.53. The Hall–Kier alpha value is -1.59. The molecule has 3 heterocycles. The molecule has 0 aliphatic carbocycles. The molecule has 1 N–H and O–H groups in total. The molecule has 2 aromatic heterocycles. The topological polar surface area (TPSA) is 41.8 Å². The molecule has 1 atom stereocenters. The SMILES string of the molecule is CNCC1COCCN1c1cccc2nccn12. The summed E-state index contributed by atoms with van der Waals surface area (Å²) >= 11 is 0. The van der Waals surface area contributed by atoms with E-state index < -0.39 is 0 Å². The third-order valence-electron chi connectivity index (χ3n) is 3.37. The smallest absolute Gasteiger partial charge is 0.138 e. The van der Waals surface area contributed by atoms with Gasteiger partial charge in [0.1, 0.15) is 11.5 Å². The van der Waals surface area contributed by atoms with Crippen LogP contribution in [0.3, 0.4) is 0 Å². The second-order valence-electron chi connectivity index (χ2n) is 4.52. The van der Waals surface area contributed by atoms with Gasteiger partial charge in [-0.15, -0.1) is 0 Å². The average Bonchev–Trinajstić information content (AvgIpc) is 2.88. The highest BCUT2D eigenvalue weighted by Crippen LogP contribution is 2.20. The van der Waals surface area contributed by atoms with Gasteiger partial charge in [-0.3, -0.25) is 4.40 Å². The summed E-state index contributed by atoms with van der Waals surface area (Å²) in [5, 5.41) is 3.23. The van der Waals surface area contributed by atoms with Gasteiger partial charge in [-0.25, -0.2) is 4.98 Å². The van der Waals surface area contributed by atoms with Gasteiger partial charge in [-0.2, -0.15) is 0 Å². The van der Waals surface area contributed by atoms with Crippen molar-refractivity contribution in [3.63, 3.8) is 0 Å². The zero-order valence-corrected chi connectivity index (χ0v) is 10.5. The lowest BCUT2D eigenvalue weighted by molar-refractivity contribution is 0.0938. The molecule has 3 rings (SSSR count). The Morgan fingerprint density at radius 2 is 2.44 bits per heavy atom. The van der Waals surface area contributed by atoms with Gasteiger partial charge in [0, 0.05) is 25.5 Å². The van der Waals surface area contributed by atoms with Crippen LogP contribution in [0.15, 0.2) is 30.6 Å². The van der Waals surface area contributed by atoms with Crippen LogP contribution in [-0.2, 0) is 4.74 Å². The number of fused-ring (bicyclic) bond motifs is 1. The molecule has 1 aliphatic heterocycles. The van der Waals surface area contributed by atoms with Gasteiger partial charge >= 0.3 is 0 Å². The molecule has 96 valence electrons. The van der Waals surface area contributed by atoms with E-state index in [0.29, 0.717) is 6.04 Å². The zero-order valence-electron chi connectivity index (χ0n) is 10.5. The number of morpholine rings is 1. The molecule has 0 aromatic carbocycles. The summed E-state index contributed by atoms with van der Waals surface area (Å²) in [6, 6.07) is 6.60. The van der Waals surface area contributed by atoms with Crippen LogP contribution < -0.4 is 10.2 Å². The van der Waals surface area contributed by atoms with E-state index in [0.717, 1.165) is 32.0 Å². The Morgan fingerprint density at radius 1 is 1.50 bits per heavy atom. The van der Waals surface area contributed by atoms with Crippen molar-refractivity contribution in [1.82, 2.24) is 14.7 Å². The van der Waals surface area contributed by atoms with Gasteiger partial charge in [0.25, 0.3) is 0 Å². The van der Waals surface area contributed by atoms with E-state index in [1.807, 2.05) is 25.5 Å². The number of aromatic nitrogens is 2. The van der Waals surface area contributed by atoms with Crippen molar-refractivity contribution in [2.45, 2.75) is 6.04 Å². The fraction of sp³-hybridized carbons (Fsp3) is 0.462. The number of nitrogens with one attached hydrogen (secondary N) is 1. The van der Waals surface area contributed by atoms with Crippen LogP contribution in [0.1, 0.15) is 0 Å². The molecule has 1 unspecified atom stereocenters. The van der Waals surface area contributed by atoms with Crippen molar-refractivity contribution in [3.05, 3.63) is 30.6 Å². The van der Waals surface area contributed by atoms with Crippen molar-refractivity contribution in [3.8, 4) is 0 Å². The Labute approximate surface area is 106 Å². The van der Waals surface area contributed by atoms with Gasteiger partial charge in [-0.1, -0.05) is 6.07 Å². The first-order valence-electron chi connectivity index (χ1n) is 6.31. The molecule has 0 saturated carbocycles. The maximum Gasteiger partial charge on any atom is 0.138 e. The number of rotatable bonds is 3. The van der Waals surface area contributed by atoms with E-state index in [1.54, 1.807) is 0 Å². The second-order valence-corrected chi connectivity index (χ2v) is 4.52. The van der Waals surface area contributed by atoms with Crippen molar-refractivity contribution in [2.24, 2.45) is 0 Å².